The molecule has 1 rings (SSSR count). The quantitative estimate of drug-likeness (QED) is 0.606. The van der Waals surface area contributed by atoms with Crippen molar-refractivity contribution in [2.24, 2.45) is 0 Å². The van der Waals surface area contributed by atoms with E-state index in [1.807, 2.05) is 0 Å². The molecule has 1 aromatic rings. The molecular weight excluding hydrogens is 239 g/mol. The molecule has 0 bridgehead atoms. The van der Waals surface area contributed by atoms with Gasteiger partial charge in [0.2, 0.25) is 10.3 Å². The van der Waals surface area contributed by atoms with E-state index in [2.05, 4.69) is 0 Å². The number of benzene rings is 1. The first kappa shape index (κ1) is 12.2. The molecule has 0 aliphatic carbocycles. The summed E-state index contributed by atoms with van der Waals surface area (Å²) in [4.78, 5) is 0. The maximum atomic E-state index is 12.5. The van der Waals surface area contributed by atoms with Crippen LogP contribution in [0.4, 0.5) is 4.39 Å². The molecule has 0 saturated carbocycles. The Hall–Kier alpha value is -0.870. The first-order valence-corrected chi connectivity index (χ1v) is 5.90. The second kappa shape index (κ2) is 5.88. The van der Waals surface area contributed by atoms with Gasteiger partial charge in [-0.05, 0) is 37.0 Å². The van der Waals surface area contributed by atoms with Crippen LogP contribution in [0.5, 0.6) is 0 Å². The normalized spacial score (nSPS) is 10.0. The van der Waals surface area contributed by atoms with Crippen molar-refractivity contribution >= 4 is 26.2 Å². The molecule has 0 aromatic heterocycles. The number of halogens is 2. The van der Waals surface area contributed by atoms with Gasteiger partial charge in [-0.2, -0.15) is 8.42 Å². The first-order valence-electron chi connectivity index (χ1n) is 4.44. The first-order chi connectivity index (χ1) is 7.09. The fraction of sp³-hybridized carbons (Fsp3) is 0.300. The minimum atomic E-state index is -2.30. The van der Waals surface area contributed by atoms with Crippen LogP contribution in [0.2, 0.25) is 0 Å². The summed E-state index contributed by atoms with van der Waals surface area (Å²) >= 11 is 5.45. The van der Waals surface area contributed by atoms with E-state index in [4.69, 9.17) is 11.6 Å². The van der Waals surface area contributed by atoms with E-state index in [1.165, 1.54) is 12.1 Å². The second-order valence-corrected chi connectivity index (χ2v) is 4.71. The molecule has 2 nitrogen and oxygen atoms in total. The Labute approximate surface area is 94.2 Å². The van der Waals surface area contributed by atoms with Crippen molar-refractivity contribution in [2.45, 2.75) is 19.3 Å². The molecule has 0 unspecified atom stereocenters. The lowest BCUT2D eigenvalue weighted by Crippen LogP contribution is -1.92. The molecule has 1 aromatic carbocycles. The largest absolute Gasteiger partial charge is 0.228 e. The number of rotatable bonds is 4. The Kier molecular flexibility index (Phi) is 4.78. The summed E-state index contributed by atoms with van der Waals surface area (Å²) < 4.78 is 33.2. The van der Waals surface area contributed by atoms with E-state index in [1.54, 1.807) is 12.1 Å². The van der Waals surface area contributed by atoms with Crippen LogP contribution in [0.25, 0.3) is 0 Å². The van der Waals surface area contributed by atoms with E-state index in [-0.39, 0.29) is 10.1 Å². The van der Waals surface area contributed by atoms with E-state index in [0.29, 0.717) is 19.3 Å². The van der Waals surface area contributed by atoms with Gasteiger partial charge in [-0.25, -0.2) is 4.39 Å². The van der Waals surface area contributed by atoms with E-state index >= 15 is 0 Å². The maximum absolute atomic E-state index is 12.5. The van der Waals surface area contributed by atoms with Gasteiger partial charge in [-0.1, -0.05) is 23.7 Å². The third-order valence-electron chi connectivity index (χ3n) is 1.93. The monoisotopic (exact) mass is 248 g/mol. The molecule has 82 valence electrons. The third kappa shape index (κ3) is 4.44. The van der Waals surface area contributed by atoms with Crippen LogP contribution in [0.1, 0.15) is 18.4 Å². The average molecular weight is 249 g/mol. The smallest absolute Gasteiger partial charge is 0.207 e. The lowest BCUT2D eigenvalue weighted by molar-refractivity contribution is 0.626. The molecule has 0 aliphatic rings. The molecule has 0 radical (unpaired) electrons. The maximum Gasteiger partial charge on any atom is 0.228 e. The summed E-state index contributed by atoms with van der Waals surface area (Å²) in [5.41, 5.74) is 0.970. The molecule has 15 heavy (non-hydrogen) atoms. The van der Waals surface area contributed by atoms with Gasteiger partial charge in [0.15, 0.2) is 0 Å². The van der Waals surface area contributed by atoms with Crippen LogP contribution in [0.3, 0.4) is 0 Å². The number of hydrogen-bond acceptors (Lipinski definition) is 2. The fourth-order valence-electron chi connectivity index (χ4n) is 1.17. The molecular formula is C10H10ClFO2S. The van der Waals surface area contributed by atoms with Crippen molar-refractivity contribution in [1.82, 2.24) is 0 Å². The van der Waals surface area contributed by atoms with Crippen LogP contribution in [0, 0.1) is 5.82 Å². The molecule has 0 N–H and O–H groups in total. The van der Waals surface area contributed by atoms with Crippen LogP contribution in [0.15, 0.2) is 24.3 Å². The van der Waals surface area contributed by atoms with Crippen molar-refractivity contribution in [3.05, 3.63) is 35.6 Å². The van der Waals surface area contributed by atoms with Gasteiger partial charge in [0.25, 0.3) is 0 Å². The Morgan fingerprint density at radius 3 is 2.40 bits per heavy atom. The second-order valence-electron chi connectivity index (χ2n) is 3.07. The minimum absolute atomic E-state index is 0.0582. The molecule has 0 heterocycles. The van der Waals surface area contributed by atoms with E-state index < -0.39 is 10.3 Å². The lowest BCUT2D eigenvalue weighted by Gasteiger charge is -1.99. The van der Waals surface area contributed by atoms with E-state index in [9.17, 15) is 12.8 Å². The van der Waals surface area contributed by atoms with Gasteiger partial charge >= 0.3 is 0 Å². The Balaban J connectivity index is 2.45. The number of aryl methyl sites for hydroxylation is 1. The van der Waals surface area contributed by atoms with Crippen LogP contribution in [-0.2, 0) is 16.7 Å². The third-order valence-corrected chi connectivity index (χ3v) is 3.07. The zero-order valence-corrected chi connectivity index (χ0v) is 9.48. The SMILES string of the molecule is O=S(=O)=C(Cl)CCCc1ccc(F)cc1. The topological polar surface area (TPSA) is 34.1 Å². The summed E-state index contributed by atoms with van der Waals surface area (Å²) in [7, 11) is -2.30. The number of hydrogen-bond donors (Lipinski definition) is 0. The molecule has 0 saturated heterocycles. The zero-order valence-electron chi connectivity index (χ0n) is 7.91. The Morgan fingerprint density at radius 1 is 1.27 bits per heavy atom. The van der Waals surface area contributed by atoms with Crippen LogP contribution in [-0.4, -0.2) is 12.7 Å². The lowest BCUT2D eigenvalue weighted by atomic mass is 10.1. The van der Waals surface area contributed by atoms with Gasteiger partial charge in [0.1, 0.15) is 10.1 Å². The van der Waals surface area contributed by atoms with Gasteiger partial charge in [0, 0.05) is 0 Å². The summed E-state index contributed by atoms with van der Waals surface area (Å²) in [6, 6.07) is 6.12. The van der Waals surface area contributed by atoms with Crippen LogP contribution >= 0.6 is 11.6 Å². The Morgan fingerprint density at radius 2 is 1.87 bits per heavy atom. The molecule has 0 atom stereocenters. The predicted molar refractivity (Wildman–Crippen MR) is 59.1 cm³/mol. The fourth-order valence-corrected chi connectivity index (χ4v) is 1.61. The van der Waals surface area contributed by atoms with Crippen molar-refractivity contribution in [3.8, 4) is 0 Å². The molecule has 0 spiro atoms. The van der Waals surface area contributed by atoms with E-state index in [0.717, 1.165) is 5.56 Å². The Bertz CT molecular complexity index is 443. The predicted octanol–water partition coefficient (Wildman–Crippen LogP) is 2.40. The van der Waals surface area contributed by atoms with Gasteiger partial charge in [-0.3, -0.25) is 0 Å². The van der Waals surface area contributed by atoms with Crippen molar-refractivity contribution in [1.29, 1.82) is 0 Å². The molecule has 0 amide bonds. The summed E-state index contributed by atoms with van der Waals surface area (Å²) in [6.07, 6.45) is 1.65. The summed E-state index contributed by atoms with van der Waals surface area (Å²) in [5, 5.41) is 0. The van der Waals surface area contributed by atoms with Crippen molar-refractivity contribution in [2.75, 3.05) is 0 Å². The summed E-state index contributed by atoms with van der Waals surface area (Å²) in [5.74, 6) is -0.274. The van der Waals surface area contributed by atoms with Crippen molar-refractivity contribution in [3.63, 3.8) is 0 Å². The van der Waals surface area contributed by atoms with Crippen molar-refractivity contribution < 1.29 is 12.8 Å². The van der Waals surface area contributed by atoms with Gasteiger partial charge in [-0.15, -0.1) is 0 Å². The molecule has 0 fully saturated rings. The standard InChI is InChI=1S/C10H10ClFO2S/c11-10(15(13)14)3-1-2-8-4-6-9(12)7-5-8/h4-7H,1-3H2. The highest BCUT2D eigenvalue weighted by Gasteiger charge is 1.98. The van der Waals surface area contributed by atoms with Crippen LogP contribution < -0.4 is 0 Å². The molecule has 0 aliphatic heterocycles. The minimum Gasteiger partial charge on any atom is -0.207 e. The highest BCUT2D eigenvalue weighted by Crippen LogP contribution is 2.07. The van der Waals surface area contributed by atoms with Gasteiger partial charge < -0.3 is 0 Å². The molecule has 5 heteroatoms. The zero-order chi connectivity index (χ0) is 11.3. The highest BCUT2D eigenvalue weighted by molar-refractivity contribution is 7.76. The highest BCUT2D eigenvalue weighted by atomic mass is 35.5. The van der Waals surface area contributed by atoms with Gasteiger partial charge in [0.05, 0.1) is 0 Å². The summed E-state index contributed by atoms with van der Waals surface area (Å²) in [6.45, 7) is 0. The average Bonchev–Trinajstić information content (AvgIpc) is 2.20.